The zero-order chi connectivity index (χ0) is 20.9. The molecule has 1 saturated heterocycles. The van der Waals surface area contributed by atoms with Crippen LogP contribution in [0.5, 0.6) is 0 Å². The minimum atomic E-state index is -3.58. The highest BCUT2D eigenvalue weighted by atomic mass is 32.2. The van der Waals surface area contributed by atoms with Crippen molar-refractivity contribution < 1.29 is 17.9 Å². The van der Waals surface area contributed by atoms with Gasteiger partial charge in [0, 0.05) is 31.1 Å². The number of benzene rings is 2. The van der Waals surface area contributed by atoms with Crippen LogP contribution in [0.25, 0.3) is 0 Å². The van der Waals surface area contributed by atoms with E-state index in [9.17, 15) is 13.2 Å². The third-order valence-corrected chi connectivity index (χ3v) is 6.72. The maximum atomic E-state index is 12.9. The van der Waals surface area contributed by atoms with E-state index in [0.717, 1.165) is 6.42 Å². The van der Waals surface area contributed by atoms with Gasteiger partial charge in [-0.15, -0.1) is 0 Å². The molecule has 2 aromatic carbocycles. The highest BCUT2D eigenvalue weighted by Crippen LogP contribution is 2.17. The molecule has 1 amide bonds. The van der Waals surface area contributed by atoms with Crippen LogP contribution in [-0.2, 0) is 21.2 Å². The number of sulfonamides is 1. The summed E-state index contributed by atoms with van der Waals surface area (Å²) in [5.74, 6) is -0.106. The fourth-order valence-corrected chi connectivity index (χ4v) is 4.61. The van der Waals surface area contributed by atoms with E-state index in [0.29, 0.717) is 31.7 Å². The monoisotopic (exact) mass is 416 g/mol. The number of nitrogens with zero attached hydrogens (tertiary/aromatic N) is 1. The van der Waals surface area contributed by atoms with Gasteiger partial charge in [-0.05, 0) is 43.2 Å². The highest BCUT2D eigenvalue weighted by molar-refractivity contribution is 7.89. The molecule has 3 rings (SSSR count). The average Bonchev–Trinajstić information content (AvgIpc) is 2.74. The predicted octanol–water partition coefficient (Wildman–Crippen LogP) is 2.85. The van der Waals surface area contributed by atoms with Crippen LogP contribution in [0.2, 0.25) is 0 Å². The summed E-state index contributed by atoms with van der Waals surface area (Å²) in [6.07, 6.45) is 1.41. The lowest BCUT2D eigenvalue weighted by Crippen LogP contribution is -2.46. The van der Waals surface area contributed by atoms with E-state index in [4.69, 9.17) is 4.74 Å². The number of carbonyl (C=O) groups is 1. The summed E-state index contributed by atoms with van der Waals surface area (Å²) in [4.78, 5) is 14.8. The Morgan fingerprint density at radius 1 is 1.17 bits per heavy atom. The third-order valence-electron chi connectivity index (χ3n) is 5.11. The van der Waals surface area contributed by atoms with Crippen LogP contribution >= 0.6 is 0 Å². The third kappa shape index (κ3) is 5.65. The van der Waals surface area contributed by atoms with E-state index in [1.807, 2.05) is 32.0 Å². The van der Waals surface area contributed by atoms with Crippen molar-refractivity contribution >= 4 is 15.9 Å². The van der Waals surface area contributed by atoms with Crippen LogP contribution in [0.4, 0.5) is 0 Å². The largest absolute Gasteiger partial charge is 0.374 e. The van der Waals surface area contributed by atoms with E-state index < -0.39 is 10.0 Å². The zero-order valence-corrected chi connectivity index (χ0v) is 17.7. The normalized spacial score (nSPS) is 18.4. The van der Waals surface area contributed by atoms with E-state index in [1.165, 1.54) is 17.7 Å². The fraction of sp³-hybridized carbons (Fsp3) is 0.409. The molecular weight excluding hydrogens is 388 g/mol. The molecule has 29 heavy (non-hydrogen) atoms. The first-order valence-corrected chi connectivity index (χ1v) is 11.4. The number of morpholine rings is 1. The van der Waals surface area contributed by atoms with Gasteiger partial charge >= 0.3 is 0 Å². The first kappa shape index (κ1) is 21.5. The Labute approximate surface area is 172 Å². The number of hydrogen-bond acceptors (Lipinski definition) is 4. The van der Waals surface area contributed by atoms with Crippen molar-refractivity contribution in [2.24, 2.45) is 0 Å². The molecule has 156 valence electrons. The fourth-order valence-electron chi connectivity index (χ4n) is 3.28. The van der Waals surface area contributed by atoms with Gasteiger partial charge in [-0.25, -0.2) is 13.1 Å². The van der Waals surface area contributed by atoms with Gasteiger partial charge in [0.2, 0.25) is 10.0 Å². The molecule has 2 aromatic rings. The average molecular weight is 417 g/mol. The van der Waals surface area contributed by atoms with Gasteiger partial charge < -0.3 is 9.64 Å². The Morgan fingerprint density at radius 3 is 2.52 bits per heavy atom. The maximum Gasteiger partial charge on any atom is 0.254 e. The van der Waals surface area contributed by atoms with Crippen molar-refractivity contribution in [1.82, 2.24) is 9.62 Å². The lowest BCUT2D eigenvalue weighted by molar-refractivity contribution is -0.0208. The molecule has 0 unspecified atom stereocenters. The smallest absolute Gasteiger partial charge is 0.254 e. The predicted molar refractivity (Wildman–Crippen MR) is 112 cm³/mol. The standard InChI is InChI=1S/C22H28N2O4S/c1-3-17(2)23-29(26,27)21-11-9-19(10-12-21)22(25)24-13-14-28-20(16-24)15-18-7-5-4-6-8-18/h4-12,17,20,23H,3,13-16H2,1-2H3/t17-,20-/m0/s1. The van der Waals surface area contributed by atoms with E-state index in [1.54, 1.807) is 17.0 Å². The van der Waals surface area contributed by atoms with Gasteiger partial charge in [0.15, 0.2) is 0 Å². The van der Waals surface area contributed by atoms with E-state index in [-0.39, 0.29) is 22.9 Å². The molecule has 0 spiro atoms. The Bertz CT molecular complexity index is 914. The van der Waals surface area contributed by atoms with Crippen molar-refractivity contribution in [3.05, 3.63) is 65.7 Å². The first-order valence-electron chi connectivity index (χ1n) is 9.96. The quantitative estimate of drug-likeness (QED) is 0.753. The Kier molecular flexibility index (Phi) is 7.05. The van der Waals surface area contributed by atoms with Gasteiger partial charge in [-0.2, -0.15) is 0 Å². The second kappa shape index (κ2) is 9.52. The summed E-state index contributed by atoms with van der Waals surface area (Å²) >= 11 is 0. The molecule has 1 fully saturated rings. The SMILES string of the molecule is CC[C@H](C)NS(=O)(=O)c1ccc(C(=O)N2CCO[C@@H](Cc3ccccc3)C2)cc1. The highest BCUT2D eigenvalue weighted by Gasteiger charge is 2.26. The van der Waals surface area contributed by atoms with Crippen LogP contribution in [0.1, 0.15) is 36.2 Å². The van der Waals surface area contributed by atoms with Gasteiger partial charge in [-0.3, -0.25) is 4.79 Å². The van der Waals surface area contributed by atoms with Crippen LogP contribution < -0.4 is 4.72 Å². The number of ether oxygens (including phenoxy) is 1. The molecule has 1 N–H and O–H groups in total. The van der Waals surface area contributed by atoms with Crippen LogP contribution in [0.3, 0.4) is 0 Å². The van der Waals surface area contributed by atoms with Crippen LogP contribution in [0.15, 0.2) is 59.5 Å². The molecule has 1 heterocycles. The summed E-state index contributed by atoms with van der Waals surface area (Å²) in [6, 6.07) is 16.1. The molecule has 1 aliphatic rings. The molecule has 6 nitrogen and oxygen atoms in total. The molecule has 0 aromatic heterocycles. The lowest BCUT2D eigenvalue weighted by atomic mass is 10.1. The molecular formula is C22H28N2O4S. The molecule has 0 saturated carbocycles. The lowest BCUT2D eigenvalue weighted by Gasteiger charge is -2.33. The number of hydrogen-bond donors (Lipinski definition) is 1. The molecule has 0 aliphatic carbocycles. The van der Waals surface area contributed by atoms with E-state index in [2.05, 4.69) is 16.9 Å². The second-order valence-electron chi connectivity index (χ2n) is 7.39. The minimum absolute atomic E-state index is 0.0468. The van der Waals surface area contributed by atoms with Gasteiger partial charge in [0.05, 0.1) is 17.6 Å². The molecule has 2 atom stereocenters. The van der Waals surface area contributed by atoms with Crippen molar-refractivity contribution in [2.75, 3.05) is 19.7 Å². The summed E-state index contributed by atoms with van der Waals surface area (Å²) in [6.45, 7) is 5.28. The summed E-state index contributed by atoms with van der Waals surface area (Å²) in [5, 5.41) is 0. The van der Waals surface area contributed by atoms with Crippen LogP contribution in [0, 0.1) is 0 Å². The van der Waals surface area contributed by atoms with Gasteiger partial charge in [0.25, 0.3) is 5.91 Å². The topological polar surface area (TPSA) is 75.7 Å². The van der Waals surface area contributed by atoms with Crippen molar-refractivity contribution in [2.45, 2.75) is 43.7 Å². The zero-order valence-electron chi connectivity index (χ0n) is 16.9. The second-order valence-corrected chi connectivity index (χ2v) is 9.10. The summed E-state index contributed by atoms with van der Waals surface area (Å²) in [5.41, 5.74) is 1.66. The van der Waals surface area contributed by atoms with Gasteiger partial charge in [-0.1, -0.05) is 37.3 Å². The Balaban J connectivity index is 1.65. The number of rotatable bonds is 7. The van der Waals surface area contributed by atoms with Crippen molar-refractivity contribution in [3.63, 3.8) is 0 Å². The van der Waals surface area contributed by atoms with Crippen LogP contribution in [-0.4, -0.2) is 51.1 Å². The molecule has 0 bridgehead atoms. The number of nitrogens with one attached hydrogen (secondary N) is 1. The summed E-state index contributed by atoms with van der Waals surface area (Å²) in [7, 11) is -3.58. The number of carbonyl (C=O) groups excluding carboxylic acids is 1. The molecule has 1 aliphatic heterocycles. The van der Waals surface area contributed by atoms with Crippen molar-refractivity contribution in [1.29, 1.82) is 0 Å². The Morgan fingerprint density at radius 2 is 1.86 bits per heavy atom. The number of amides is 1. The first-order chi connectivity index (χ1) is 13.9. The van der Waals surface area contributed by atoms with Gasteiger partial charge in [0.1, 0.15) is 0 Å². The van der Waals surface area contributed by atoms with Crippen molar-refractivity contribution in [3.8, 4) is 0 Å². The maximum absolute atomic E-state index is 12.9. The minimum Gasteiger partial charge on any atom is -0.374 e. The Hall–Kier alpha value is -2.22. The molecule has 0 radical (unpaired) electrons. The summed E-state index contributed by atoms with van der Waals surface area (Å²) < 4.78 is 33.2. The molecule has 7 heteroatoms. The van der Waals surface area contributed by atoms with E-state index >= 15 is 0 Å².